The first-order chi connectivity index (χ1) is 7.22. The minimum Gasteiger partial charge on any atom is -0.347 e. The van der Waals surface area contributed by atoms with Crippen LogP contribution in [-0.2, 0) is 6.54 Å². The molecule has 1 aromatic heterocycles. The number of nitrogens with zero attached hydrogens (tertiary/aromatic N) is 4. The molecular formula is C8H8N4O3. The van der Waals surface area contributed by atoms with Crippen molar-refractivity contribution in [1.82, 2.24) is 4.98 Å². The van der Waals surface area contributed by atoms with Crippen LogP contribution >= 0.6 is 0 Å². The SMILES string of the molecule is O=NCc1ccc([N+](=O)[O-])c(N2CC2)n1. The molecule has 0 radical (unpaired) electrons. The molecule has 1 saturated heterocycles. The van der Waals surface area contributed by atoms with Gasteiger partial charge in [0.15, 0.2) is 0 Å². The summed E-state index contributed by atoms with van der Waals surface area (Å²) in [6.07, 6.45) is 0. The van der Waals surface area contributed by atoms with E-state index in [2.05, 4.69) is 10.2 Å². The highest BCUT2D eigenvalue weighted by Crippen LogP contribution is 2.29. The van der Waals surface area contributed by atoms with E-state index in [-0.39, 0.29) is 12.2 Å². The highest BCUT2D eigenvalue weighted by molar-refractivity contribution is 5.61. The fourth-order valence-corrected chi connectivity index (χ4v) is 1.27. The summed E-state index contributed by atoms with van der Waals surface area (Å²) in [5.41, 5.74) is 0.430. The fraction of sp³-hybridized carbons (Fsp3) is 0.375. The minimum atomic E-state index is -0.473. The molecule has 7 nitrogen and oxygen atoms in total. The van der Waals surface area contributed by atoms with Crippen molar-refractivity contribution in [2.45, 2.75) is 6.54 Å². The molecule has 2 rings (SSSR count). The molecule has 0 atom stereocenters. The highest BCUT2D eigenvalue weighted by Gasteiger charge is 2.28. The van der Waals surface area contributed by atoms with Crippen LogP contribution < -0.4 is 4.90 Å². The molecule has 0 saturated carbocycles. The molecule has 0 N–H and O–H groups in total. The lowest BCUT2D eigenvalue weighted by atomic mass is 10.3. The van der Waals surface area contributed by atoms with Crippen molar-refractivity contribution in [3.05, 3.63) is 32.8 Å². The maximum absolute atomic E-state index is 10.7. The molecule has 7 heteroatoms. The Labute approximate surface area is 84.8 Å². The van der Waals surface area contributed by atoms with E-state index in [1.807, 2.05) is 0 Å². The average Bonchev–Trinajstić information content (AvgIpc) is 3.01. The van der Waals surface area contributed by atoms with Crippen molar-refractivity contribution in [3.63, 3.8) is 0 Å². The number of anilines is 1. The van der Waals surface area contributed by atoms with Gasteiger partial charge in [-0.05, 0) is 6.07 Å². The summed E-state index contributed by atoms with van der Waals surface area (Å²) in [5.74, 6) is 0.334. The van der Waals surface area contributed by atoms with Gasteiger partial charge in [0.05, 0.1) is 10.6 Å². The van der Waals surface area contributed by atoms with E-state index in [0.717, 1.165) is 13.1 Å². The lowest BCUT2D eigenvalue weighted by Crippen LogP contribution is -2.02. The topological polar surface area (TPSA) is 88.5 Å². The number of nitroso groups, excluding NO2 is 1. The first kappa shape index (κ1) is 9.50. The number of nitro groups is 1. The maximum atomic E-state index is 10.7. The van der Waals surface area contributed by atoms with E-state index in [9.17, 15) is 15.0 Å². The van der Waals surface area contributed by atoms with Gasteiger partial charge in [-0.25, -0.2) is 4.98 Å². The zero-order valence-corrected chi connectivity index (χ0v) is 7.79. The van der Waals surface area contributed by atoms with Crippen LogP contribution in [0, 0.1) is 15.0 Å². The highest BCUT2D eigenvalue weighted by atomic mass is 16.6. The molecule has 0 aromatic carbocycles. The van der Waals surface area contributed by atoms with E-state index in [0.29, 0.717) is 11.5 Å². The Balaban J connectivity index is 2.39. The molecule has 2 heterocycles. The van der Waals surface area contributed by atoms with Gasteiger partial charge in [-0.1, -0.05) is 5.18 Å². The van der Waals surface area contributed by atoms with Crippen molar-refractivity contribution < 1.29 is 4.92 Å². The molecule has 0 unspecified atom stereocenters. The van der Waals surface area contributed by atoms with Crippen LogP contribution in [0.2, 0.25) is 0 Å². The van der Waals surface area contributed by atoms with Crippen molar-refractivity contribution >= 4 is 11.5 Å². The van der Waals surface area contributed by atoms with Crippen LogP contribution in [-0.4, -0.2) is 23.0 Å². The Bertz CT molecular complexity index is 416. The summed E-state index contributed by atoms with van der Waals surface area (Å²) >= 11 is 0. The average molecular weight is 208 g/mol. The Morgan fingerprint density at radius 2 is 2.27 bits per heavy atom. The molecular weight excluding hydrogens is 200 g/mol. The van der Waals surface area contributed by atoms with Crippen LogP contribution in [0.25, 0.3) is 0 Å². The second-order valence-corrected chi connectivity index (χ2v) is 3.18. The zero-order chi connectivity index (χ0) is 10.8. The fourth-order valence-electron chi connectivity index (χ4n) is 1.27. The lowest BCUT2D eigenvalue weighted by molar-refractivity contribution is -0.384. The molecule has 1 aliphatic heterocycles. The molecule has 15 heavy (non-hydrogen) atoms. The third-order valence-electron chi connectivity index (χ3n) is 2.08. The zero-order valence-electron chi connectivity index (χ0n) is 7.79. The molecule has 1 fully saturated rings. The van der Waals surface area contributed by atoms with Gasteiger partial charge in [0.2, 0.25) is 5.82 Å². The number of aromatic nitrogens is 1. The first-order valence-electron chi connectivity index (χ1n) is 4.41. The molecule has 0 spiro atoms. The van der Waals surface area contributed by atoms with E-state index in [1.54, 1.807) is 4.90 Å². The second kappa shape index (κ2) is 3.60. The second-order valence-electron chi connectivity index (χ2n) is 3.18. The molecule has 1 aromatic rings. The Kier molecular flexibility index (Phi) is 2.28. The summed E-state index contributed by atoms with van der Waals surface area (Å²) in [7, 11) is 0. The summed E-state index contributed by atoms with van der Waals surface area (Å²) in [4.78, 5) is 26.1. The van der Waals surface area contributed by atoms with Crippen LogP contribution in [0.5, 0.6) is 0 Å². The van der Waals surface area contributed by atoms with Gasteiger partial charge in [0, 0.05) is 19.2 Å². The van der Waals surface area contributed by atoms with Crippen molar-refractivity contribution in [3.8, 4) is 0 Å². The van der Waals surface area contributed by atoms with Gasteiger partial charge in [-0.2, -0.15) is 4.91 Å². The van der Waals surface area contributed by atoms with Crippen molar-refractivity contribution in [1.29, 1.82) is 0 Å². The van der Waals surface area contributed by atoms with Gasteiger partial charge in [-0.3, -0.25) is 10.1 Å². The number of hydrogen-bond acceptors (Lipinski definition) is 6. The van der Waals surface area contributed by atoms with E-state index in [1.165, 1.54) is 12.1 Å². The van der Waals surface area contributed by atoms with Crippen LogP contribution in [0.3, 0.4) is 0 Å². The first-order valence-corrected chi connectivity index (χ1v) is 4.41. The number of pyridine rings is 1. The summed E-state index contributed by atoms with van der Waals surface area (Å²) in [6.45, 7) is 1.48. The number of rotatable bonds is 4. The van der Waals surface area contributed by atoms with Gasteiger partial charge in [-0.15, -0.1) is 0 Å². The van der Waals surface area contributed by atoms with E-state index >= 15 is 0 Å². The quantitative estimate of drug-likeness (QED) is 0.319. The maximum Gasteiger partial charge on any atom is 0.311 e. The van der Waals surface area contributed by atoms with Crippen LogP contribution in [0.15, 0.2) is 17.3 Å². The van der Waals surface area contributed by atoms with E-state index in [4.69, 9.17) is 0 Å². The minimum absolute atomic E-state index is 0.0258. The molecule has 1 aliphatic rings. The number of hydrogen-bond donors (Lipinski definition) is 0. The predicted octanol–water partition coefficient (Wildman–Crippen LogP) is 1.08. The van der Waals surface area contributed by atoms with Crippen LogP contribution in [0.4, 0.5) is 11.5 Å². The third-order valence-corrected chi connectivity index (χ3v) is 2.08. The summed E-state index contributed by atoms with van der Waals surface area (Å²) in [5, 5.41) is 13.4. The Morgan fingerprint density at radius 3 is 2.80 bits per heavy atom. The van der Waals surface area contributed by atoms with Crippen LogP contribution in [0.1, 0.15) is 5.69 Å². The Morgan fingerprint density at radius 1 is 1.53 bits per heavy atom. The largest absolute Gasteiger partial charge is 0.347 e. The van der Waals surface area contributed by atoms with Crippen molar-refractivity contribution in [2.24, 2.45) is 5.18 Å². The third kappa shape index (κ3) is 1.90. The van der Waals surface area contributed by atoms with Gasteiger partial charge >= 0.3 is 5.69 Å². The molecule has 0 bridgehead atoms. The Hall–Kier alpha value is -2.05. The summed E-state index contributed by atoms with van der Waals surface area (Å²) in [6, 6.07) is 2.81. The molecule has 0 amide bonds. The molecule has 78 valence electrons. The van der Waals surface area contributed by atoms with Gasteiger partial charge < -0.3 is 4.90 Å². The van der Waals surface area contributed by atoms with Gasteiger partial charge in [0.1, 0.15) is 6.54 Å². The smallest absolute Gasteiger partial charge is 0.311 e. The summed E-state index contributed by atoms with van der Waals surface area (Å²) < 4.78 is 0. The molecule has 0 aliphatic carbocycles. The lowest BCUT2D eigenvalue weighted by Gasteiger charge is -2.03. The van der Waals surface area contributed by atoms with E-state index < -0.39 is 4.92 Å². The monoisotopic (exact) mass is 208 g/mol. The standard InChI is InChI=1S/C8H8N4O3/c13-9-5-6-1-2-7(12(14)15)8(10-6)11-3-4-11/h1-2H,3-5H2. The normalized spacial score (nSPS) is 13.7. The van der Waals surface area contributed by atoms with Gasteiger partial charge in [0.25, 0.3) is 0 Å². The van der Waals surface area contributed by atoms with Crippen molar-refractivity contribution in [2.75, 3.05) is 18.0 Å². The predicted molar refractivity (Wildman–Crippen MR) is 52.6 cm³/mol.